The summed E-state index contributed by atoms with van der Waals surface area (Å²) in [5.41, 5.74) is 5.45. The second-order valence-corrected chi connectivity index (χ2v) is 7.65. The lowest BCUT2D eigenvalue weighted by atomic mass is 10.1. The Morgan fingerprint density at radius 1 is 1.17 bits per heavy atom. The number of hydrogen-bond acceptors (Lipinski definition) is 2. The Morgan fingerprint density at radius 3 is 2.60 bits per heavy atom. The number of carbonyl (C=O) groups is 1. The summed E-state index contributed by atoms with van der Waals surface area (Å²) in [5, 5.41) is 12.8. The standard InChI is InChI=1S/C24H21Cl2N3O/c1-4-17-8-5-6-11-22(17)29-15(2)12-18(16(29)3)13-19(14-27)24(30)28-21-10-7-9-20(25)23(21)26/h5-13H,4H2,1-3H3,(H,28,30)/b19-13-. The summed E-state index contributed by atoms with van der Waals surface area (Å²) in [6.45, 7) is 6.10. The lowest BCUT2D eigenvalue weighted by molar-refractivity contribution is -0.112. The molecule has 1 amide bonds. The molecule has 0 spiro atoms. The molecular formula is C24H21Cl2N3O. The minimum atomic E-state index is -0.541. The van der Waals surface area contributed by atoms with E-state index in [4.69, 9.17) is 23.2 Å². The highest BCUT2D eigenvalue weighted by molar-refractivity contribution is 6.44. The van der Waals surface area contributed by atoms with Crippen LogP contribution in [0.1, 0.15) is 29.4 Å². The fraction of sp³-hybridized carbons (Fsp3) is 0.167. The lowest BCUT2D eigenvalue weighted by Crippen LogP contribution is -2.13. The first-order valence-corrected chi connectivity index (χ1v) is 10.3. The van der Waals surface area contributed by atoms with Gasteiger partial charge in [0.15, 0.2) is 0 Å². The molecule has 1 aromatic heterocycles. The SMILES string of the molecule is CCc1ccccc1-n1c(C)cc(/C=C(/C#N)C(=O)Nc2cccc(Cl)c2Cl)c1C. The summed E-state index contributed by atoms with van der Waals surface area (Å²) in [4.78, 5) is 12.7. The summed E-state index contributed by atoms with van der Waals surface area (Å²) < 4.78 is 2.14. The molecule has 0 saturated carbocycles. The fourth-order valence-corrected chi connectivity index (χ4v) is 3.77. The highest BCUT2D eigenvalue weighted by Crippen LogP contribution is 2.30. The topological polar surface area (TPSA) is 57.8 Å². The quantitative estimate of drug-likeness (QED) is 0.365. The number of benzene rings is 2. The van der Waals surface area contributed by atoms with Crippen molar-refractivity contribution in [1.29, 1.82) is 5.26 Å². The predicted molar refractivity (Wildman–Crippen MR) is 123 cm³/mol. The van der Waals surface area contributed by atoms with Crippen molar-refractivity contribution in [1.82, 2.24) is 4.57 Å². The van der Waals surface area contributed by atoms with Crippen LogP contribution in [-0.2, 0) is 11.2 Å². The summed E-state index contributed by atoms with van der Waals surface area (Å²) in [5.74, 6) is -0.541. The number of nitrogens with zero attached hydrogens (tertiary/aromatic N) is 2. The smallest absolute Gasteiger partial charge is 0.266 e. The third kappa shape index (κ3) is 4.28. The first-order valence-electron chi connectivity index (χ1n) is 9.51. The molecule has 0 unspecified atom stereocenters. The number of halogens is 2. The molecule has 0 aliphatic carbocycles. The van der Waals surface area contributed by atoms with Crippen LogP contribution in [0.2, 0.25) is 10.0 Å². The molecule has 0 aliphatic heterocycles. The minimum absolute atomic E-state index is 0.0185. The molecule has 0 radical (unpaired) electrons. The Balaban J connectivity index is 1.98. The molecule has 30 heavy (non-hydrogen) atoms. The molecule has 1 N–H and O–H groups in total. The van der Waals surface area contributed by atoms with Crippen LogP contribution in [-0.4, -0.2) is 10.5 Å². The van der Waals surface area contributed by atoms with Crippen molar-refractivity contribution in [3.63, 3.8) is 0 Å². The third-order valence-electron chi connectivity index (χ3n) is 4.95. The zero-order chi connectivity index (χ0) is 21.8. The average Bonchev–Trinajstić information content (AvgIpc) is 3.02. The summed E-state index contributed by atoms with van der Waals surface area (Å²) >= 11 is 12.1. The Labute approximate surface area is 186 Å². The molecule has 2 aromatic carbocycles. The van der Waals surface area contributed by atoms with Crippen molar-refractivity contribution in [3.8, 4) is 11.8 Å². The Kier molecular flexibility index (Phi) is 6.66. The number of nitrogens with one attached hydrogen (secondary N) is 1. The number of aromatic nitrogens is 1. The van der Waals surface area contributed by atoms with Crippen LogP contribution in [0.15, 0.2) is 54.1 Å². The van der Waals surface area contributed by atoms with Gasteiger partial charge >= 0.3 is 0 Å². The van der Waals surface area contributed by atoms with E-state index >= 15 is 0 Å². The van der Waals surface area contributed by atoms with Crippen LogP contribution >= 0.6 is 23.2 Å². The molecule has 0 bridgehead atoms. The van der Waals surface area contributed by atoms with Gasteiger partial charge in [0.1, 0.15) is 11.6 Å². The number of amides is 1. The summed E-state index contributed by atoms with van der Waals surface area (Å²) in [6.07, 6.45) is 2.51. The maximum Gasteiger partial charge on any atom is 0.266 e. The van der Waals surface area contributed by atoms with Gasteiger partial charge in [-0.05, 0) is 61.7 Å². The molecule has 6 heteroatoms. The molecule has 0 fully saturated rings. The van der Waals surface area contributed by atoms with Crippen molar-refractivity contribution >= 4 is 40.9 Å². The number of para-hydroxylation sites is 1. The van der Waals surface area contributed by atoms with Crippen molar-refractivity contribution in [2.45, 2.75) is 27.2 Å². The third-order valence-corrected chi connectivity index (χ3v) is 5.77. The van der Waals surface area contributed by atoms with E-state index in [9.17, 15) is 10.1 Å². The normalized spacial score (nSPS) is 11.3. The first kappa shape index (κ1) is 21.7. The molecule has 4 nitrogen and oxygen atoms in total. The van der Waals surface area contributed by atoms with Gasteiger partial charge < -0.3 is 9.88 Å². The van der Waals surface area contributed by atoms with Crippen LogP contribution in [0.25, 0.3) is 11.8 Å². The van der Waals surface area contributed by atoms with E-state index in [1.165, 1.54) is 5.56 Å². The highest BCUT2D eigenvalue weighted by atomic mass is 35.5. The number of aryl methyl sites for hydroxylation is 2. The minimum Gasteiger partial charge on any atom is -0.320 e. The van der Waals surface area contributed by atoms with E-state index in [1.54, 1.807) is 24.3 Å². The van der Waals surface area contributed by atoms with Crippen LogP contribution < -0.4 is 5.32 Å². The Morgan fingerprint density at radius 2 is 1.90 bits per heavy atom. The number of rotatable bonds is 5. The van der Waals surface area contributed by atoms with Gasteiger partial charge in [0, 0.05) is 17.1 Å². The fourth-order valence-electron chi connectivity index (χ4n) is 3.43. The van der Waals surface area contributed by atoms with Crippen LogP contribution in [0.3, 0.4) is 0 Å². The van der Waals surface area contributed by atoms with Gasteiger partial charge in [0.25, 0.3) is 5.91 Å². The van der Waals surface area contributed by atoms with Gasteiger partial charge in [-0.15, -0.1) is 0 Å². The van der Waals surface area contributed by atoms with E-state index < -0.39 is 5.91 Å². The maximum atomic E-state index is 12.7. The Bertz CT molecular complexity index is 1190. The molecule has 3 aromatic rings. The van der Waals surface area contributed by atoms with E-state index in [1.807, 2.05) is 38.1 Å². The summed E-state index contributed by atoms with van der Waals surface area (Å²) in [7, 11) is 0. The van der Waals surface area contributed by atoms with E-state index in [0.717, 1.165) is 29.1 Å². The molecule has 0 atom stereocenters. The van der Waals surface area contributed by atoms with Gasteiger partial charge in [-0.25, -0.2) is 0 Å². The maximum absolute atomic E-state index is 12.7. The van der Waals surface area contributed by atoms with Gasteiger partial charge in [0.2, 0.25) is 0 Å². The van der Waals surface area contributed by atoms with Crippen molar-refractivity contribution in [2.75, 3.05) is 5.32 Å². The predicted octanol–water partition coefficient (Wildman–Crippen LogP) is 6.51. The number of nitriles is 1. The Hall–Kier alpha value is -3.00. The van der Waals surface area contributed by atoms with Crippen LogP contribution in [0, 0.1) is 25.2 Å². The largest absolute Gasteiger partial charge is 0.320 e. The molecular weight excluding hydrogens is 417 g/mol. The zero-order valence-corrected chi connectivity index (χ0v) is 18.5. The van der Waals surface area contributed by atoms with Crippen LogP contribution in [0.5, 0.6) is 0 Å². The van der Waals surface area contributed by atoms with Gasteiger partial charge in [-0.3, -0.25) is 4.79 Å². The lowest BCUT2D eigenvalue weighted by Gasteiger charge is -2.14. The van der Waals surface area contributed by atoms with Gasteiger partial charge in [-0.2, -0.15) is 5.26 Å². The number of anilines is 1. The van der Waals surface area contributed by atoms with Crippen LogP contribution in [0.4, 0.5) is 5.69 Å². The highest BCUT2D eigenvalue weighted by Gasteiger charge is 2.16. The second kappa shape index (κ2) is 9.21. The van der Waals surface area contributed by atoms with Gasteiger partial charge in [0.05, 0.1) is 15.7 Å². The monoisotopic (exact) mass is 437 g/mol. The van der Waals surface area contributed by atoms with E-state index in [2.05, 4.69) is 28.9 Å². The average molecular weight is 438 g/mol. The molecule has 3 rings (SSSR count). The van der Waals surface area contributed by atoms with Crippen molar-refractivity contribution in [2.24, 2.45) is 0 Å². The number of hydrogen-bond donors (Lipinski definition) is 1. The van der Waals surface area contributed by atoms with Gasteiger partial charge in [-0.1, -0.05) is 54.4 Å². The molecule has 0 saturated heterocycles. The van der Waals surface area contributed by atoms with Crippen molar-refractivity contribution < 1.29 is 4.79 Å². The molecule has 1 heterocycles. The summed E-state index contributed by atoms with van der Waals surface area (Å²) in [6, 6.07) is 17.1. The van der Waals surface area contributed by atoms with E-state index in [-0.39, 0.29) is 10.6 Å². The molecule has 152 valence electrons. The number of carbonyl (C=O) groups excluding carboxylic acids is 1. The van der Waals surface area contributed by atoms with Crippen molar-refractivity contribution in [3.05, 3.63) is 86.7 Å². The zero-order valence-electron chi connectivity index (χ0n) is 17.0. The van der Waals surface area contributed by atoms with E-state index in [0.29, 0.717) is 10.7 Å². The molecule has 0 aliphatic rings. The second-order valence-electron chi connectivity index (χ2n) is 6.87. The first-order chi connectivity index (χ1) is 14.4.